The van der Waals surface area contributed by atoms with E-state index in [2.05, 4.69) is 10.3 Å². The highest BCUT2D eigenvalue weighted by molar-refractivity contribution is 6.48. The summed E-state index contributed by atoms with van der Waals surface area (Å²) in [6.07, 6.45) is 3.02. The van der Waals surface area contributed by atoms with Gasteiger partial charge < -0.3 is 10.4 Å². The third-order valence-electron chi connectivity index (χ3n) is 2.58. The quantitative estimate of drug-likeness (QED) is 0.832. The first-order chi connectivity index (χ1) is 9.38. The predicted molar refractivity (Wildman–Crippen MR) is 77.7 cm³/mol. The molecule has 0 aromatic carbocycles. The molecular weight excluding hydrogens is 327 g/mol. The van der Waals surface area contributed by atoms with Crippen LogP contribution in [0.15, 0.2) is 6.20 Å². The van der Waals surface area contributed by atoms with Gasteiger partial charge in [-0.25, -0.2) is 9.78 Å². The van der Waals surface area contributed by atoms with Gasteiger partial charge in [-0.3, -0.25) is 4.79 Å². The number of carboxylic acids is 1. The van der Waals surface area contributed by atoms with E-state index in [0.29, 0.717) is 12.8 Å². The normalized spacial score (nSPS) is 12.0. The van der Waals surface area contributed by atoms with Gasteiger partial charge in [-0.05, 0) is 6.42 Å². The summed E-state index contributed by atoms with van der Waals surface area (Å²) in [5.41, 5.74) is -0.149. The van der Waals surface area contributed by atoms with Gasteiger partial charge in [0.2, 0.25) is 0 Å². The number of pyridine rings is 1. The molecule has 1 aromatic rings. The van der Waals surface area contributed by atoms with E-state index in [0.717, 1.165) is 6.42 Å². The zero-order valence-corrected chi connectivity index (χ0v) is 12.9. The largest absolute Gasteiger partial charge is 0.480 e. The van der Waals surface area contributed by atoms with Crippen molar-refractivity contribution in [3.05, 3.63) is 27.0 Å². The maximum atomic E-state index is 12.0. The monoisotopic (exact) mass is 338 g/mol. The molecule has 1 rings (SSSR count). The molecule has 8 heteroatoms. The summed E-state index contributed by atoms with van der Waals surface area (Å²) in [7, 11) is 0. The van der Waals surface area contributed by atoms with Gasteiger partial charge in [-0.15, -0.1) is 0 Å². The van der Waals surface area contributed by atoms with Crippen LogP contribution < -0.4 is 5.32 Å². The fourth-order valence-electron chi connectivity index (χ4n) is 1.49. The number of nitrogens with one attached hydrogen (secondary N) is 1. The average molecular weight is 340 g/mol. The number of hydrogen-bond acceptors (Lipinski definition) is 3. The minimum absolute atomic E-state index is 0.00826. The Balaban J connectivity index is 2.89. The van der Waals surface area contributed by atoms with Crippen LogP contribution in [0.25, 0.3) is 0 Å². The number of rotatable bonds is 6. The SMILES string of the molecule is CCCC[C@H](NC(=O)c1ncc(Cl)c(Cl)c1Cl)C(=O)O. The summed E-state index contributed by atoms with van der Waals surface area (Å²) in [6.45, 7) is 1.93. The van der Waals surface area contributed by atoms with E-state index in [9.17, 15) is 9.59 Å². The Morgan fingerprint density at radius 2 is 2.00 bits per heavy atom. The van der Waals surface area contributed by atoms with E-state index in [1.165, 1.54) is 6.20 Å². The van der Waals surface area contributed by atoms with Crippen LogP contribution in [0.1, 0.15) is 36.7 Å². The molecule has 2 N–H and O–H groups in total. The second-order valence-electron chi connectivity index (χ2n) is 4.09. The Bertz CT molecular complexity index is 523. The first kappa shape index (κ1) is 17.0. The molecular formula is C12H13Cl3N2O3. The van der Waals surface area contributed by atoms with Gasteiger partial charge in [0, 0.05) is 6.20 Å². The molecule has 1 heterocycles. The lowest BCUT2D eigenvalue weighted by Gasteiger charge is -2.14. The van der Waals surface area contributed by atoms with Crippen molar-refractivity contribution in [3.63, 3.8) is 0 Å². The Hall–Kier alpha value is -1.04. The third-order valence-corrected chi connectivity index (χ3v) is 3.82. The van der Waals surface area contributed by atoms with Crippen LogP contribution >= 0.6 is 34.8 Å². The molecule has 0 aliphatic heterocycles. The molecule has 0 saturated heterocycles. The first-order valence-corrected chi connectivity index (χ1v) is 7.05. The van der Waals surface area contributed by atoms with Gasteiger partial charge in [0.15, 0.2) is 0 Å². The van der Waals surface area contributed by atoms with E-state index < -0.39 is 17.9 Å². The van der Waals surface area contributed by atoms with Crippen molar-refractivity contribution < 1.29 is 14.7 Å². The Morgan fingerprint density at radius 1 is 1.35 bits per heavy atom. The number of aliphatic carboxylic acids is 1. The molecule has 1 aromatic heterocycles. The first-order valence-electron chi connectivity index (χ1n) is 5.91. The van der Waals surface area contributed by atoms with Crippen LogP contribution in [0.4, 0.5) is 0 Å². The fourth-order valence-corrected chi connectivity index (χ4v) is 2.06. The van der Waals surface area contributed by atoms with Crippen molar-refractivity contribution in [2.24, 2.45) is 0 Å². The Morgan fingerprint density at radius 3 is 2.55 bits per heavy atom. The van der Waals surface area contributed by atoms with Crippen LogP contribution in [0.3, 0.4) is 0 Å². The average Bonchev–Trinajstić information content (AvgIpc) is 2.40. The van der Waals surface area contributed by atoms with E-state index >= 15 is 0 Å². The summed E-state index contributed by atoms with van der Waals surface area (Å²) < 4.78 is 0. The van der Waals surface area contributed by atoms with Gasteiger partial charge in [0.1, 0.15) is 11.7 Å². The molecule has 0 saturated carbocycles. The highest BCUT2D eigenvalue weighted by Crippen LogP contribution is 2.31. The van der Waals surface area contributed by atoms with Crippen LogP contribution in [0.5, 0.6) is 0 Å². The number of carbonyl (C=O) groups excluding carboxylic acids is 1. The zero-order valence-electron chi connectivity index (χ0n) is 10.6. The molecule has 0 spiro atoms. The summed E-state index contributed by atoms with van der Waals surface area (Å²) in [6, 6.07) is -0.991. The van der Waals surface area contributed by atoms with Crippen LogP contribution in [-0.4, -0.2) is 28.0 Å². The summed E-state index contributed by atoms with van der Waals surface area (Å²) in [5.74, 6) is -1.81. The molecule has 5 nitrogen and oxygen atoms in total. The van der Waals surface area contributed by atoms with Crippen LogP contribution in [-0.2, 0) is 4.79 Å². The van der Waals surface area contributed by atoms with Crippen molar-refractivity contribution in [2.45, 2.75) is 32.2 Å². The van der Waals surface area contributed by atoms with Crippen LogP contribution in [0.2, 0.25) is 15.1 Å². The summed E-state index contributed by atoms with van der Waals surface area (Å²) in [4.78, 5) is 26.8. The topological polar surface area (TPSA) is 79.3 Å². The van der Waals surface area contributed by atoms with Crippen molar-refractivity contribution >= 4 is 46.7 Å². The maximum absolute atomic E-state index is 12.0. The summed E-state index contributed by atoms with van der Waals surface area (Å²) in [5, 5.41) is 11.4. The number of aromatic nitrogens is 1. The molecule has 0 unspecified atom stereocenters. The van der Waals surface area contributed by atoms with Gasteiger partial charge >= 0.3 is 5.97 Å². The highest BCUT2D eigenvalue weighted by atomic mass is 35.5. The van der Waals surface area contributed by atoms with Gasteiger partial charge in [-0.2, -0.15) is 0 Å². The lowest BCUT2D eigenvalue weighted by molar-refractivity contribution is -0.139. The zero-order chi connectivity index (χ0) is 15.3. The summed E-state index contributed by atoms with van der Waals surface area (Å²) >= 11 is 17.4. The van der Waals surface area contributed by atoms with Gasteiger partial charge in [0.25, 0.3) is 5.91 Å². The number of carboxylic acid groups (broad SMARTS) is 1. The highest BCUT2D eigenvalue weighted by Gasteiger charge is 2.23. The number of unbranched alkanes of at least 4 members (excludes halogenated alkanes) is 1. The van der Waals surface area contributed by atoms with Crippen molar-refractivity contribution in [3.8, 4) is 0 Å². The molecule has 110 valence electrons. The number of halogens is 3. The van der Waals surface area contributed by atoms with Crippen molar-refractivity contribution in [1.82, 2.24) is 10.3 Å². The molecule has 0 radical (unpaired) electrons. The smallest absolute Gasteiger partial charge is 0.326 e. The standard InChI is InChI=1S/C12H13Cl3N2O3/c1-2-3-4-7(12(19)20)17-11(18)10-9(15)8(14)6(13)5-16-10/h5,7H,2-4H2,1H3,(H,17,18)(H,19,20)/t7-/m0/s1. The second kappa shape index (κ2) is 7.67. The fraction of sp³-hybridized carbons (Fsp3) is 0.417. The molecule has 0 aliphatic carbocycles. The Kier molecular flexibility index (Phi) is 6.52. The van der Waals surface area contributed by atoms with E-state index in [-0.39, 0.29) is 20.8 Å². The van der Waals surface area contributed by atoms with Gasteiger partial charge in [0.05, 0.1) is 15.1 Å². The Labute approximate surface area is 131 Å². The molecule has 1 amide bonds. The van der Waals surface area contributed by atoms with Gasteiger partial charge in [-0.1, -0.05) is 54.6 Å². The minimum atomic E-state index is -1.11. The number of hydrogen-bond donors (Lipinski definition) is 2. The van der Waals surface area contributed by atoms with E-state index in [1.54, 1.807) is 0 Å². The van der Waals surface area contributed by atoms with Crippen molar-refractivity contribution in [1.29, 1.82) is 0 Å². The minimum Gasteiger partial charge on any atom is -0.480 e. The van der Waals surface area contributed by atoms with E-state index in [1.807, 2.05) is 6.92 Å². The second-order valence-corrected chi connectivity index (χ2v) is 5.25. The number of carbonyl (C=O) groups is 2. The molecule has 0 fully saturated rings. The lowest BCUT2D eigenvalue weighted by atomic mass is 10.1. The number of nitrogens with zero attached hydrogens (tertiary/aromatic N) is 1. The molecule has 20 heavy (non-hydrogen) atoms. The molecule has 0 aliphatic rings. The molecule has 0 bridgehead atoms. The van der Waals surface area contributed by atoms with E-state index in [4.69, 9.17) is 39.9 Å². The molecule has 1 atom stereocenters. The van der Waals surface area contributed by atoms with Crippen molar-refractivity contribution in [2.75, 3.05) is 0 Å². The van der Waals surface area contributed by atoms with Crippen LogP contribution in [0, 0.1) is 0 Å². The number of amides is 1. The predicted octanol–water partition coefficient (Wildman–Crippen LogP) is 3.42. The lowest BCUT2D eigenvalue weighted by Crippen LogP contribution is -2.41. The maximum Gasteiger partial charge on any atom is 0.326 e. The third kappa shape index (κ3) is 4.23.